The highest BCUT2D eigenvalue weighted by Gasteiger charge is 2.33. The summed E-state index contributed by atoms with van der Waals surface area (Å²) in [7, 11) is 1.93. The van der Waals surface area contributed by atoms with Crippen LogP contribution >= 0.6 is 23.1 Å². The number of carbonyl (C=O) groups excluding carboxylic acids is 2. The molecule has 9 nitrogen and oxygen atoms in total. The average molecular weight is 500 g/mol. The second-order valence-electron chi connectivity index (χ2n) is 8.07. The first-order valence-electron chi connectivity index (χ1n) is 11.1. The molecule has 2 aliphatic rings. The van der Waals surface area contributed by atoms with E-state index in [9.17, 15) is 9.59 Å². The molecule has 0 N–H and O–H groups in total. The van der Waals surface area contributed by atoms with Gasteiger partial charge in [0, 0.05) is 44.5 Å². The highest BCUT2D eigenvalue weighted by molar-refractivity contribution is 7.99. The number of aromatic nitrogens is 3. The first kappa shape index (κ1) is 22.7. The van der Waals surface area contributed by atoms with Crippen molar-refractivity contribution in [3.8, 4) is 11.5 Å². The number of fused-ring (bicyclic) bond motifs is 1. The molecule has 1 aromatic carbocycles. The number of nitrogens with zero attached hydrogens (tertiary/aromatic N) is 5. The molecule has 0 radical (unpaired) electrons. The van der Waals surface area contributed by atoms with Gasteiger partial charge >= 0.3 is 0 Å². The van der Waals surface area contributed by atoms with Gasteiger partial charge in [0.25, 0.3) is 5.91 Å². The molecule has 2 amide bonds. The Morgan fingerprint density at radius 1 is 1.06 bits per heavy atom. The predicted molar refractivity (Wildman–Crippen MR) is 128 cm³/mol. The standard InChI is InChI=1S/C23H25N5O4S2/c1-26-20(13-16-5-4-12-33-16)24-25-23(26)34-15-21(29)27-8-10-28(11-9-27)22(30)19-14-31-17-6-2-3-7-18(17)32-19/h2-7,12,19H,8-11,13-15H2,1H3. The summed E-state index contributed by atoms with van der Waals surface area (Å²) in [5.74, 6) is 2.33. The molecule has 178 valence electrons. The van der Waals surface area contributed by atoms with Crippen LogP contribution in [0, 0.1) is 0 Å². The highest BCUT2D eigenvalue weighted by Crippen LogP contribution is 2.31. The molecule has 34 heavy (non-hydrogen) atoms. The maximum absolute atomic E-state index is 12.9. The molecule has 1 fully saturated rings. The smallest absolute Gasteiger partial charge is 0.267 e. The molecule has 2 aromatic heterocycles. The quantitative estimate of drug-likeness (QED) is 0.480. The number of hydrogen-bond donors (Lipinski definition) is 0. The molecule has 11 heteroatoms. The van der Waals surface area contributed by atoms with Crippen molar-refractivity contribution < 1.29 is 19.1 Å². The van der Waals surface area contributed by atoms with E-state index in [1.807, 2.05) is 41.3 Å². The molecule has 0 bridgehead atoms. The van der Waals surface area contributed by atoms with Crippen molar-refractivity contribution in [3.05, 3.63) is 52.5 Å². The summed E-state index contributed by atoms with van der Waals surface area (Å²) in [5.41, 5.74) is 0. The minimum absolute atomic E-state index is 0.0334. The zero-order valence-corrected chi connectivity index (χ0v) is 20.4. The molecule has 3 aromatic rings. The van der Waals surface area contributed by atoms with Gasteiger partial charge in [-0.05, 0) is 23.6 Å². The Balaban J connectivity index is 1.09. The lowest BCUT2D eigenvalue weighted by atomic mass is 10.2. The van der Waals surface area contributed by atoms with Gasteiger partial charge in [-0.3, -0.25) is 9.59 Å². The molecule has 1 atom stereocenters. The fraction of sp³-hybridized carbons (Fsp3) is 0.391. The summed E-state index contributed by atoms with van der Waals surface area (Å²) in [4.78, 5) is 30.4. The lowest BCUT2D eigenvalue weighted by Crippen LogP contribution is -2.55. The van der Waals surface area contributed by atoms with Crippen LogP contribution in [0.15, 0.2) is 46.9 Å². The van der Waals surface area contributed by atoms with Gasteiger partial charge in [-0.15, -0.1) is 21.5 Å². The molecule has 4 heterocycles. The summed E-state index contributed by atoms with van der Waals surface area (Å²) >= 11 is 3.08. The number of benzene rings is 1. The fourth-order valence-corrected chi connectivity index (χ4v) is 5.47. The Morgan fingerprint density at radius 2 is 1.82 bits per heavy atom. The van der Waals surface area contributed by atoms with E-state index in [1.54, 1.807) is 27.2 Å². The van der Waals surface area contributed by atoms with Crippen molar-refractivity contribution in [2.75, 3.05) is 38.5 Å². The van der Waals surface area contributed by atoms with Crippen molar-refractivity contribution >= 4 is 34.9 Å². The van der Waals surface area contributed by atoms with Crippen LogP contribution in [0.1, 0.15) is 10.7 Å². The molecular weight excluding hydrogens is 474 g/mol. The molecule has 0 aliphatic carbocycles. The van der Waals surface area contributed by atoms with Gasteiger partial charge in [0.05, 0.1) is 5.75 Å². The van der Waals surface area contributed by atoms with Gasteiger partial charge in [-0.2, -0.15) is 0 Å². The van der Waals surface area contributed by atoms with E-state index in [4.69, 9.17) is 9.47 Å². The zero-order valence-electron chi connectivity index (χ0n) is 18.8. The first-order chi connectivity index (χ1) is 16.6. The molecule has 0 saturated carbocycles. The number of carbonyl (C=O) groups is 2. The van der Waals surface area contributed by atoms with Crippen LogP contribution in [0.2, 0.25) is 0 Å². The Kier molecular flexibility index (Phi) is 6.73. The van der Waals surface area contributed by atoms with Crippen LogP contribution in [0.5, 0.6) is 11.5 Å². The van der Waals surface area contributed by atoms with Crippen LogP contribution in [-0.4, -0.2) is 81.0 Å². The molecule has 1 saturated heterocycles. The third kappa shape index (κ3) is 4.90. The van der Waals surface area contributed by atoms with Gasteiger partial charge in [-0.25, -0.2) is 0 Å². The summed E-state index contributed by atoms with van der Waals surface area (Å²) in [5, 5.41) is 11.3. The Hall–Kier alpha value is -3.05. The van der Waals surface area contributed by atoms with E-state index in [0.717, 1.165) is 17.4 Å². The van der Waals surface area contributed by atoms with Gasteiger partial charge in [-0.1, -0.05) is 30.0 Å². The molecule has 5 rings (SSSR count). The first-order valence-corrected chi connectivity index (χ1v) is 12.9. The minimum Gasteiger partial charge on any atom is -0.485 e. The Bertz CT molecular complexity index is 1160. The average Bonchev–Trinajstić information content (AvgIpc) is 3.52. The summed E-state index contributed by atoms with van der Waals surface area (Å²) in [6, 6.07) is 11.4. The topological polar surface area (TPSA) is 89.8 Å². The number of thiophene rings is 1. The van der Waals surface area contributed by atoms with Crippen LogP contribution < -0.4 is 9.47 Å². The number of amides is 2. The monoisotopic (exact) mass is 499 g/mol. The van der Waals surface area contributed by atoms with Crippen molar-refractivity contribution in [2.45, 2.75) is 17.7 Å². The van der Waals surface area contributed by atoms with E-state index in [0.29, 0.717) is 37.7 Å². The van der Waals surface area contributed by atoms with Crippen LogP contribution in [-0.2, 0) is 23.1 Å². The second kappa shape index (κ2) is 10.1. The number of thioether (sulfide) groups is 1. The maximum Gasteiger partial charge on any atom is 0.267 e. The minimum atomic E-state index is -0.660. The normalized spacial score (nSPS) is 17.6. The van der Waals surface area contributed by atoms with Crippen LogP contribution in [0.4, 0.5) is 0 Å². The van der Waals surface area contributed by atoms with Gasteiger partial charge < -0.3 is 23.8 Å². The van der Waals surface area contributed by atoms with Gasteiger partial charge in [0.2, 0.25) is 12.0 Å². The van der Waals surface area contributed by atoms with Gasteiger partial charge in [0.1, 0.15) is 12.4 Å². The maximum atomic E-state index is 12.9. The van der Waals surface area contributed by atoms with Crippen molar-refractivity contribution in [1.29, 1.82) is 0 Å². The lowest BCUT2D eigenvalue weighted by molar-refractivity contribution is -0.145. The summed E-state index contributed by atoms with van der Waals surface area (Å²) in [6.07, 6.45) is 0.0690. The zero-order chi connectivity index (χ0) is 23.5. The number of rotatable bonds is 6. The van der Waals surface area contributed by atoms with E-state index < -0.39 is 6.10 Å². The van der Waals surface area contributed by atoms with E-state index in [1.165, 1.54) is 16.6 Å². The summed E-state index contributed by atoms with van der Waals surface area (Å²) in [6.45, 7) is 2.14. The Morgan fingerprint density at radius 3 is 2.59 bits per heavy atom. The predicted octanol–water partition coefficient (Wildman–Crippen LogP) is 2.07. The van der Waals surface area contributed by atoms with Gasteiger partial charge in [0.15, 0.2) is 16.7 Å². The third-order valence-electron chi connectivity index (χ3n) is 5.89. The van der Waals surface area contributed by atoms with Crippen molar-refractivity contribution in [1.82, 2.24) is 24.6 Å². The number of para-hydroxylation sites is 2. The fourth-order valence-electron chi connectivity index (χ4n) is 3.93. The largest absolute Gasteiger partial charge is 0.485 e. The molecular formula is C23H25N5O4S2. The number of piperazine rings is 1. The van der Waals surface area contributed by atoms with E-state index in [2.05, 4.69) is 16.3 Å². The van der Waals surface area contributed by atoms with Crippen LogP contribution in [0.25, 0.3) is 0 Å². The van der Waals surface area contributed by atoms with Crippen molar-refractivity contribution in [3.63, 3.8) is 0 Å². The van der Waals surface area contributed by atoms with E-state index in [-0.39, 0.29) is 24.2 Å². The molecule has 0 spiro atoms. The SMILES string of the molecule is Cn1c(Cc2cccs2)nnc1SCC(=O)N1CCN(C(=O)C2COc3ccccc3O2)CC1. The van der Waals surface area contributed by atoms with Crippen molar-refractivity contribution in [2.24, 2.45) is 7.05 Å². The Labute approximate surface area is 205 Å². The molecule has 1 unspecified atom stereocenters. The second-order valence-corrected chi connectivity index (χ2v) is 10.0. The van der Waals surface area contributed by atoms with E-state index >= 15 is 0 Å². The number of hydrogen-bond acceptors (Lipinski definition) is 8. The number of ether oxygens (including phenoxy) is 2. The highest BCUT2D eigenvalue weighted by atomic mass is 32.2. The summed E-state index contributed by atoms with van der Waals surface area (Å²) < 4.78 is 13.5. The van der Waals surface area contributed by atoms with Crippen LogP contribution in [0.3, 0.4) is 0 Å². The third-order valence-corrected chi connectivity index (χ3v) is 7.77. The lowest BCUT2D eigenvalue weighted by Gasteiger charge is -2.37. The molecule has 2 aliphatic heterocycles.